The first-order valence-corrected chi connectivity index (χ1v) is 5.80. The van der Waals surface area contributed by atoms with E-state index in [2.05, 4.69) is 4.98 Å². The van der Waals surface area contributed by atoms with Gasteiger partial charge in [0.25, 0.3) is 0 Å². The van der Waals surface area contributed by atoms with Gasteiger partial charge in [-0.15, -0.1) is 0 Å². The molecule has 0 unspecified atom stereocenters. The van der Waals surface area contributed by atoms with Gasteiger partial charge in [0.2, 0.25) is 0 Å². The normalized spacial score (nSPS) is 10.9. The predicted octanol–water partition coefficient (Wildman–Crippen LogP) is 2.43. The molecule has 1 heterocycles. The molecule has 0 fully saturated rings. The molecule has 0 saturated heterocycles. The summed E-state index contributed by atoms with van der Waals surface area (Å²) in [5, 5.41) is 8.60. The molecule has 2 aromatic rings. The lowest BCUT2D eigenvalue weighted by molar-refractivity contribution is -0.131. The number of imidazole rings is 1. The fraction of sp³-hybridized carbons (Fsp3) is 0.143. The molecule has 104 valence electrons. The zero-order valence-electron chi connectivity index (χ0n) is 11.0. The number of aliphatic carboxylic acids is 1. The van der Waals surface area contributed by atoms with E-state index in [4.69, 9.17) is 9.84 Å². The molecule has 0 aliphatic carbocycles. The van der Waals surface area contributed by atoms with E-state index in [0.29, 0.717) is 5.69 Å². The van der Waals surface area contributed by atoms with Gasteiger partial charge in [-0.2, -0.15) is 0 Å². The summed E-state index contributed by atoms with van der Waals surface area (Å²) in [5.74, 6) is -1.46. The summed E-state index contributed by atoms with van der Waals surface area (Å²) in [6.07, 6.45) is 5.35. The van der Waals surface area contributed by atoms with Gasteiger partial charge in [-0.3, -0.25) is 0 Å². The Labute approximate surface area is 114 Å². The molecular formula is C14H13FN2O3. The zero-order valence-corrected chi connectivity index (χ0v) is 11.0. The van der Waals surface area contributed by atoms with Gasteiger partial charge in [0, 0.05) is 18.3 Å². The van der Waals surface area contributed by atoms with Crippen molar-refractivity contribution in [2.45, 2.75) is 6.92 Å². The van der Waals surface area contributed by atoms with E-state index >= 15 is 0 Å². The third-order valence-corrected chi connectivity index (χ3v) is 2.70. The highest BCUT2D eigenvalue weighted by Crippen LogP contribution is 2.27. The van der Waals surface area contributed by atoms with E-state index in [1.165, 1.54) is 19.3 Å². The molecule has 1 aromatic heterocycles. The summed E-state index contributed by atoms with van der Waals surface area (Å²) >= 11 is 0. The number of carboxylic acids is 1. The first-order valence-electron chi connectivity index (χ1n) is 5.80. The number of hydrogen-bond donors (Lipinski definition) is 1. The highest BCUT2D eigenvalue weighted by Gasteiger charge is 2.11. The smallest absolute Gasteiger partial charge is 0.328 e. The van der Waals surface area contributed by atoms with Crippen LogP contribution in [0.15, 0.2) is 30.7 Å². The molecule has 0 aliphatic heterocycles. The zero-order chi connectivity index (χ0) is 14.7. The molecule has 0 aliphatic rings. The quantitative estimate of drug-likeness (QED) is 0.871. The maximum absolute atomic E-state index is 14.1. The molecule has 6 heteroatoms. The molecule has 0 atom stereocenters. The lowest BCUT2D eigenvalue weighted by atomic mass is 10.1. The molecule has 1 aromatic carbocycles. The van der Waals surface area contributed by atoms with Crippen LogP contribution >= 0.6 is 0 Å². The minimum Gasteiger partial charge on any atom is -0.496 e. The minimum atomic E-state index is -1.15. The Morgan fingerprint density at radius 2 is 2.25 bits per heavy atom. The van der Waals surface area contributed by atoms with E-state index in [9.17, 15) is 9.18 Å². The lowest BCUT2D eigenvalue weighted by Gasteiger charge is -2.10. The number of benzene rings is 1. The van der Waals surface area contributed by atoms with E-state index in [1.54, 1.807) is 23.2 Å². The summed E-state index contributed by atoms with van der Waals surface area (Å²) in [6.45, 7) is 1.83. The highest BCUT2D eigenvalue weighted by molar-refractivity contribution is 5.86. The summed E-state index contributed by atoms with van der Waals surface area (Å²) in [5.41, 5.74) is 1.45. The molecule has 0 amide bonds. The second-order valence-corrected chi connectivity index (χ2v) is 4.14. The van der Waals surface area contributed by atoms with Crippen LogP contribution in [0.4, 0.5) is 4.39 Å². The molecule has 5 nitrogen and oxygen atoms in total. The Hall–Kier alpha value is -2.63. The number of nitrogens with zero attached hydrogens (tertiary/aromatic N) is 2. The number of aryl methyl sites for hydroxylation is 1. The molecule has 1 N–H and O–H groups in total. The summed E-state index contributed by atoms with van der Waals surface area (Å²) in [6, 6.07) is 2.91. The number of carboxylic acid groups (broad SMARTS) is 1. The number of methoxy groups -OCH3 is 1. The van der Waals surface area contributed by atoms with Crippen LogP contribution in [0.3, 0.4) is 0 Å². The summed E-state index contributed by atoms with van der Waals surface area (Å²) < 4.78 is 20.9. The third-order valence-electron chi connectivity index (χ3n) is 2.70. The second-order valence-electron chi connectivity index (χ2n) is 4.14. The monoisotopic (exact) mass is 276 g/mol. The first kappa shape index (κ1) is 13.8. The van der Waals surface area contributed by atoms with Gasteiger partial charge >= 0.3 is 5.97 Å². The topological polar surface area (TPSA) is 64.4 Å². The van der Waals surface area contributed by atoms with Gasteiger partial charge in [-0.1, -0.05) is 0 Å². The van der Waals surface area contributed by atoms with Crippen LogP contribution in [0.1, 0.15) is 11.3 Å². The maximum Gasteiger partial charge on any atom is 0.328 e. The average Bonchev–Trinajstić information content (AvgIpc) is 2.83. The highest BCUT2D eigenvalue weighted by atomic mass is 19.1. The van der Waals surface area contributed by atoms with Gasteiger partial charge in [0.05, 0.1) is 30.4 Å². The van der Waals surface area contributed by atoms with E-state index < -0.39 is 11.8 Å². The molecule has 0 saturated carbocycles. The summed E-state index contributed by atoms with van der Waals surface area (Å²) in [4.78, 5) is 14.6. The van der Waals surface area contributed by atoms with Gasteiger partial charge < -0.3 is 14.4 Å². The molecular weight excluding hydrogens is 263 g/mol. The second kappa shape index (κ2) is 5.56. The average molecular weight is 276 g/mol. The van der Waals surface area contributed by atoms with Crippen LogP contribution in [-0.4, -0.2) is 27.7 Å². The van der Waals surface area contributed by atoms with Crippen LogP contribution < -0.4 is 4.74 Å². The van der Waals surface area contributed by atoms with Gasteiger partial charge in [-0.05, 0) is 19.1 Å². The van der Waals surface area contributed by atoms with Crippen molar-refractivity contribution >= 4 is 12.0 Å². The van der Waals surface area contributed by atoms with Gasteiger partial charge in [0.1, 0.15) is 11.6 Å². The van der Waals surface area contributed by atoms with E-state index in [1.807, 2.05) is 6.92 Å². The Bertz CT molecular complexity index is 677. The number of halogens is 1. The van der Waals surface area contributed by atoms with Gasteiger partial charge in [0.15, 0.2) is 0 Å². The van der Waals surface area contributed by atoms with Gasteiger partial charge in [-0.25, -0.2) is 14.2 Å². The van der Waals surface area contributed by atoms with Crippen molar-refractivity contribution < 1.29 is 19.0 Å². The number of rotatable bonds is 4. The van der Waals surface area contributed by atoms with Crippen LogP contribution in [0.5, 0.6) is 5.75 Å². The Kier molecular flexibility index (Phi) is 3.84. The van der Waals surface area contributed by atoms with Crippen molar-refractivity contribution in [3.8, 4) is 11.4 Å². The molecule has 2 rings (SSSR count). The van der Waals surface area contributed by atoms with Crippen LogP contribution in [0.2, 0.25) is 0 Å². The van der Waals surface area contributed by atoms with Crippen molar-refractivity contribution in [3.63, 3.8) is 0 Å². The van der Waals surface area contributed by atoms with Crippen molar-refractivity contribution in [1.29, 1.82) is 0 Å². The van der Waals surface area contributed by atoms with E-state index in [-0.39, 0.29) is 11.3 Å². The fourth-order valence-electron chi connectivity index (χ4n) is 1.78. The third kappa shape index (κ3) is 2.85. The molecule has 0 bridgehead atoms. The SMILES string of the molecule is COc1cc(-n2cnc(C)c2)cc(F)c1C=CC(=O)O. The lowest BCUT2D eigenvalue weighted by Crippen LogP contribution is -1.98. The van der Waals surface area contributed by atoms with Crippen molar-refractivity contribution in [2.75, 3.05) is 7.11 Å². The number of hydrogen-bond acceptors (Lipinski definition) is 3. The predicted molar refractivity (Wildman–Crippen MR) is 71.5 cm³/mol. The number of aromatic nitrogens is 2. The van der Waals surface area contributed by atoms with Crippen molar-refractivity contribution in [3.05, 3.63) is 47.8 Å². The van der Waals surface area contributed by atoms with Crippen molar-refractivity contribution in [1.82, 2.24) is 9.55 Å². The molecule has 20 heavy (non-hydrogen) atoms. The fourth-order valence-corrected chi connectivity index (χ4v) is 1.78. The number of ether oxygens (including phenoxy) is 1. The Morgan fingerprint density at radius 3 is 2.80 bits per heavy atom. The Balaban J connectivity index is 2.50. The largest absolute Gasteiger partial charge is 0.496 e. The van der Waals surface area contributed by atoms with Crippen LogP contribution in [0, 0.1) is 12.7 Å². The standard InChI is InChI=1S/C14H13FN2O3/c1-9-7-17(8-16-9)10-5-12(15)11(3-4-14(18)19)13(6-10)20-2/h3-8H,1-2H3,(H,18,19). The van der Waals surface area contributed by atoms with Crippen molar-refractivity contribution in [2.24, 2.45) is 0 Å². The maximum atomic E-state index is 14.1. The minimum absolute atomic E-state index is 0.0930. The van der Waals surface area contributed by atoms with Crippen LogP contribution in [-0.2, 0) is 4.79 Å². The van der Waals surface area contributed by atoms with Crippen LogP contribution in [0.25, 0.3) is 11.8 Å². The summed E-state index contributed by atoms with van der Waals surface area (Å²) in [7, 11) is 1.40. The van der Waals surface area contributed by atoms with E-state index in [0.717, 1.165) is 11.8 Å². The molecule has 0 spiro atoms. The number of carbonyl (C=O) groups is 1. The Morgan fingerprint density at radius 1 is 1.50 bits per heavy atom. The first-order chi connectivity index (χ1) is 9.51. The molecule has 0 radical (unpaired) electrons.